The van der Waals surface area contributed by atoms with E-state index in [-0.39, 0.29) is 17.8 Å². The third kappa shape index (κ3) is 6.32. The van der Waals surface area contributed by atoms with Crippen molar-refractivity contribution >= 4 is 17.4 Å². The van der Waals surface area contributed by atoms with Gasteiger partial charge in [-0.15, -0.1) is 0 Å². The molecule has 0 saturated carbocycles. The van der Waals surface area contributed by atoms with Crippen LogP contribution in [0.2, 0.25) is 5.02 Å². The van der Waals surface area contributed by atoms with Gasteiger partial charge in [0.2, 0.25) is 0 Å². The molecule has 0 unspecified atom stereocenters. The maximum absolute atomic E-state index is 11.6. The van der Waals surface area contributed by atoms with Crippen molar-refractivity contribution in [3.8, 4) is 5.75 Å². The first-order valence-corrected chi connectivity index (χ1v) is 6.15. The van der Waals surface area contributed by atoms with Gasteiger partial charge in [-0.25, -0.2) is 0 Å². The first-order chi connectivity index (χ1) is 7.87. The van der Waals surface area contributed by atoms with E-state index in [9.17, 15) is 4.79 Å². The quantitative estimate of drug-likeness (QED) is 0.790. The fourth-order valence-electron chi connectivity index (χ4n) is 1.31. The Kier molecular flexibility index (Phi) is 5.01. The molecule has 0 amide bonds. The van der Waals surface area contributed by atoms with Crippen LogP contribution in [0.5, 0.6) is 5.75 Å². The lowest BCUT2D eigenvalue weighted by atomic mass is 9.90. The number of ketones is 1. The Bertz CT molecular complexity index is 380. The number of halogens is 1. The SMILES string of the molecule is CC(C)(C)CCC(=O)COc1cccc(Cl)c1. The van der Waals surface area contributed by atoms with Crippen LogP contribution in [0.4, 0.5) is 0 Å². The minimum absolute atomic E-state index is 0.121. The summed E-state index contributed by atoms with van der Waals surface area (Å²) in [6.07, 6.45) is 1.44. The Balaban J connectivity index is 2.33. The molecule has 0 saturated heterocycles. The highest BCUT2D eigenvalue weighted by Gasteiger charge is 2.13. The molecule has 0 fully saturated rings. The predicted molar refractivity (Wildman–Crippen MR) is 70.6 cm³/mol. The van der Waals surface area contributed by atoms with Crippen molar-refractivity contribution in [2.24, 2.45) is 5.41 Å². The molecular weight excluding hydrogens is 236 g/mol. The number of Topliss-reactive ketones (excluding diaryl/α,β-unsaturated/α-hetero) is 1. The first-order valence-electron chi connectivity index (χ1n) is 5.77. The van der Waals surface area contributed by atoms with E-state index in [4.69, 9.17) is 16.3 Å². The van der Waals surface area contributed by atoms with Gasteiger partial charge in [0.15, 0.2) is 5.78 Å². The van der Waals surface area contributed by atoms with Gasteiger partial charge in [0.25, 0.3) is 0 Å². The standard InChI is InChI=1S/C14H19ClO2/c1-14(2,3)8-7-12(16)10-17-13-6-4-5-11(15)9-13/h4-6,9H,7-8,10H2,1-3H3. The molecule has 0 aromatic heterocycles. The van der Waals surface area contributed by atoms with Crippen LogP contribution in [0.3, 0.4) is 0 Å². The molecule has 0 aliphatic carbocycles. The molecule has 0 bridgehead atoms. The molecule has 2 nitrogen and oxygen atoms in total. The van der Waals surface area contributed by atoms with Crippen molar-refractivity contribution in [3.63, 3.8) is 0 Å². The average Bonchev–Trinajstić information content (AvgIpc) is 2.23. The van der Waals surface area contributed by atoms with E-state index < -0.39 is 0 Å². The summed E-state index contributed by atoms with van der Waals surface area (Å²) in [6, 6.07) is 7.08. The number of hydrogen-bond acceptors (Lipinski definition) is 2. The molecule has 0 radical (unpaired) electrons. The van der Waals surface area contributed by atoms with Crippen LogP contribution in [-0.4, -0.2) is 12.4 Å². The monoisotopic (exact) mass is 254 g/mol. The van der Waals surface area contributed by atoms with Gasteiger partial charge in [0, 0.05) is 11.4 Å². The van der Waals surface area contributed by atoms with Crippen molar-refractivity contribution in [3.05, 3.63) is 29.3 Å². The number of benzene rings is 1. The zero-order valence-corrected chi connectivity index (χ0v) is 11.4. The second-order valence-electron chi connectivity index (χ2n) is 5.35. The Morgan fingerprint density at radius 3 is 2.65 bits per heavy atom. The zero-order chi connectivity index (χ0) is 12.9. The lowest BCUT2D eigenvalue weighted by Crippen LogP contribution is -2.14. The van der Waals surface area contributed by atoms with E-state index in [0.717, 1.165) is 6.42 Å². The second-order valence-corrected chi connectivity index (χ2v) is 5.78. The third-order valence-corrected chi connectivity index (χ3v) is 2.58. The highest BCUT2D eigenvalue weighted by Crippen LogP contribution is 2.21. The molecule has 17 heavy (non-hydrogen) atoms. The van der Waals surface area contributed by atoms with Gasteiger partial charge in [-0.2, -0.15) is 0 Å². The first kappa shape index (κ1) is 14.0. The topological polar surface area (TPSA) is 26.3 Å². The maximum Gasteiger partial charge on any atom is 0.170 e. The lowest BCUT2D eigenvalue weighted by Gasteiger charge is -2.17. The summed E-state index contributed by atoms with van der Waals surface area (Å²) in [7, 11) is 0. The summed E-state index contributed by atoms with van der Waals surface area (Å²) in [5.41, 5.74) is 0.186. The summed E-state index contributed by atoms with van der Waals surface area (Å²) in [4.78, 5) is 11.6. The Morgan fingerprint density at radius 1 is 1.35 bits per heavy atom. The number of carbonyl (C=O) groups excluding carboxylic acids is 1. The Labute approximate surface area is 108 Å². The van der Waals surface area contributed by atoms with Crippen LogP contribution < -0.4 is 4.74 Å². The van der Waals surface area contributed by atoms with E-state index in [0.29, 0.717) is 17.2 Å². The Morgan fingerprint density at radius 2 is 2.06 bits per heavy atom. The van der Waals surface area contributed by atoms with Crippen molar-refractivity contribution in [1.82, 2.24) is 0 Å². The highest BCUT2D eigenvalue weighted by molar-refractivity contribution is 6.30. The summed E-state index contributed by atoms with van der Waals surface area (Å²) < 4.78 is 5.38. The highest BCUT2D eigenvalue weighted by atomic mass is 35.5. The number of carbonyl (C=O) groups is 1. The minimum atomic E-state index is 0.121. The molecule has 1 aromatic carbocycles. The largest absolute Gasteiger partial charge is 0.486 e. The predicted octanol–water partition coefficient (Wildman–Crippen LogP) is 4.11. The van der Waals surface area contributed by atoms with Gasteiger partial charge in [0.05, 0.1) is 0 Å². The van der Waals surface area contributed by atoms with E-state index in [1.54, 1.807) is 24.3 Å². The van der Waals surface area contributed by atoms with Gasteiger partial charge < -0.3 is 4.74 Å². The van der Waals surface area contributed by atoms with Crippen molar-refractivity contribution in [2.45, 2.75) is 33.6 Å². The molecule has 94 valence electrons. The molecule has 0 aliphatic heterocycles. The zero-order valence-electron chi connectivity index (χ0n) is 10.6. The summed E-state index contributed by atoms with van der Waals surface area (Å²) >= 11 is 5.82. The molecule has 0 aliphatic rings. The number of hydrogen-bond donors (Lipinski definition) is 0. The van der Waals surface area contributed by atoms with E-state index in [2.05, 4.69) is 20.8 Å². The molecule has 0 N–H and O–H groups in total. The number of ether oxygens (including phenoxy) is 1. The van der Waals surface area contributed by atoms with Crippen LogP contribution in [-0.2, 0) is 4.79 Å². The molecule has 0 atom stereocenters. The van der Waals surface area contributed by atoms with E-state index in [1.165, 1.54) is 0 Å². The van der Waals surface area contributed by atoms with Crippen LogP contribution in [0.15, 0.2) is 24.3 Å². The minimum Gasteiger partial charge on any atom is -0.486 e. The number of rotatable bonds is 5. The van der Waals surface area contributed by atoms with Crippen LogP contribution >= 0.6 is 11.6 Å². The summed E-state index contributed by atoms with van der Waals surface area (Å²) in [6.45, 7) is 6.49. The third-order valence-electron chi connectivity index (χ3n) is 2.35. The van der Waals surface area contributed by atoms with Crippen LogP contribution in [0.1, 0.15) is 33.6 Å². The van der Waals surface area contributed by atoms with Gasteiger partial charge >= 0.3 is 0 Å². The lowest BCUT2D eigenvalue weighted by molar-refractivity contribution is -0.121. The molecular formula is C14H19ClO2. The fourth-order valence-corrected chi connectivity index (χ4v) is 1.49. The van der Waals surface area contributed by atoms with E-state index in [1.807, 2.05) is 0 Å². The van der Waals surface area contributed by atoms with Gasteiger partial charge in [0.1, 0.15) is 12.4 Å². The smallest absolute Gasteiger partial charge is 0.170 e. The molecule has 0 heterocycles. The fraction of sp³-hybridized carbons (Fsp3) is 0.500. The second kappa shape index (κ2) is 6.06. The van der Waals surface area contributed by atoms with Crippen molar-refractivity contribution in [1.29, 1.82) is 0 Å². The van der Waals surface area contributed by atoms with Gasteiger partial charge in [-0.1, -0.05) is 38.4 Å². The van der Waals surface area contributed by atoms with Crippen molar-refractivity contribution < 1.29 is 9.53 Å². The van der Waals surface area contributed by atoms with Crippen LogP contribution in [0, 0.1) is 5.41 Å². The molecule has 1 rings (SSSR count). The molecule has 3 heteroatoms. The van der Waals surface area contributed by atoms with Crippen LogP contribution in [0.25, 0.3) is 0 Å². The summed E-state index contributed by atoms with van der Waals surface area (Å²) in [5.74, 6) is 0.765. The normalized spacial score (nSPS) is 11.3. The van der Waals surface area contributed by atoms with Gasteiger partial charge in [-0.05, 0) is 30.0 Å². The summed E-state index contributed by atoms with van der Waals surface area (Å²) in [5, 5.41) is 0.615. The average molecular weight is 255 g/mol. The van der Waals surface area contributed by atoms with Crippen molar-refractivity contribution in [2.75, 3.05) is 6.61 Å². The van der Waals surface area contributed by atoms with E-state index >= 15 is 0 Å². The molecule has 1 aromatic rings. The van der Waals surface area contributed by atoms with Gasteiger partial charge in [-0.3, -0.25) is 4.79 Å². The molecule has 0 spiro atoms. The maximum atomic E-state index is 11.6. The Hall–Kier alpha value is -1.02.